The van der Waals surface area contributed by atoms with Gasteiger partial charge in [-0.3, -0.25) is 23.5 Å². The number of esters is 1. The van der Waals surface area contributed by atoms with Crippen molar-refractivity contribution >= 4 is 23.4 Å². The van der Waals surface area contributed by atoms with Gasteiger partial charge >= 0.3 is 11.7 Å². The van der Waals surface area contributed by atoms with Gasteiger partial charge in [0.2, 0.25) is 5.78 Å². The van der Waals surface area contributed by atoms with Gasteiger partial charge in [-0.15, -0.1) is 0 Å². The highest BCUT2D eigenvalue weighted by Gasteiger charge is 2.21. The molecule has 1 aromatic carbocycles. The number of carbonyl (C=O) groups excluding carboxylic acids is 3. The Morgan fingerprint density at radius 3 is 2.18 bits per heavy atom. The van der Waals surface area contributed by atoms with Crippen LogP contribution < -0.4 is 21.7 Å². The average Bonchev–Trinajstić information content (AvgIpc) is 2.68. The van der Waals surface area contributed by atoms with E-state index >= 15 is 0 Å². The number of nitrogen functional groups attached to an aromatic ring is 1. The van der Waals surface area contributed by atoms with Gasteiger partial charge in [-0.25, -0.2) is 9.59 Å². The number of benzene rings is 1. The molecular formula is C18H19N3O7. The molecule has 0 radical (unpaired) electrons. The summed E-state index contributed by atoms with van der Waals surface area (Å²) >= 11 is 0. The molecular weight excluding hydrogens is 370 g/mol. The van der Waals surface area contributed by atoms with Crippen LogP contribution in [0.4, 0.5) is 5.82 Å². The highest BCUT2D eigenvalue weighted by Crippen LogP contribution is 2.12. The monoisotopic (exact) mass is 389 g/mol. The minimum absolute atomic E-state index is 0.103. The van der Waals surface area contributed by atoms with Gasteiger partial charge in [-0.1, -0.05) is 0 Å². The van der Waals surface area contributed by atoms with Gasteiger partial charge in [0.1, 0.15) is 17.1 Å². The van der Waals surface area contributed by atoms with E-state index in [1.54, 1.807) is 12.1 Å². The molecule has 148 valence electrons. The second-order valence-electron chi connectivity index (χ2n) is 5.92. The SMILES string of the molecule is CC(=O)c1ccc(OCC(=O)OCC(=O)c2c(N)n(C)c(=O)n(C)c2=O)cc1. The number of hydrogen-bond donors (Lipinski definition) is 1. The molecule has 10 heteroatoms. The van der Waals surface area contributed by atoms with E-state index in [4.69, 9.17) is 15.2 Å². The predicted molar refractivity (Wildman–Crippen MR) is 98.6 cm³/mol. The lowest BCUT2D eigenvalue weighted by Gasteiger charge is -2.11. The number of nitrogens with zero attached hydrogens (tertiary/aromatic N) is 2. The quantitative estimate of drug-likeness (QED) is 0.502. The fourth-order valence-corrected chi connectivity index (χ4v) is 2.31. The van der Waals surface area contributed by atoms with Crippen LogP contribution in [0.3, 0.4) is 0 Å². The highest BCUT2D eigenvalue weighted by atomic mass is 16.6. The van der Waals surface area contributed by atoms with Gasteiger partial charge in [-0.2, -0.15) is 0 Å². The number of anilines is 1. The van der Waals surface area contributed by atoms with Crippen LogP contribution in [0.25, 0.3) is 0 Å². The second-order valence-corrected chi connectivity index (χ2v) is 5.92. The normalized spacial score (nSPS) is 10.4. The van der Waals surface area contributed by atoms with Gasteiger partial charge in [0.05, 0.1) is 0 Å². The standard InChI is InChI=1S/C18H19N3O7/c1-10(22)11-4-6-12(7-5-11)27-9-14(24)28-8-13(23)15-16(19)20(2)18(26)21(3)17(15)25/h4-7H,8-9,19H2,1-3H3. The van der Waals surface area contributed by atoms with Gasteiger partial charge in [0.15, 0.2) is 19.0 Å². The van der Waals surface area contributed by atoms with Crippen molar-refractivity contribution in [2.24, 2.45) is 14.1 Å². The third-order valence-electron chi connectivity index (χ3n) is 3.97. The number of Topliss-reactive ketones (excluding diaryl/α,β-unsaturated/α-hetero) is 2. The Morgan fingerprint density at radius 2 is 1.61 bits per heavy atom. The summed E-state index contributed by atoms with van der Waals surface area (Å²) in [6.07, 6.45) is 0. The minimum Gasteiger partial charge on any atom is -0.482 e. The maximum Gasteiger partial charge on any atom is 0.344 e. The van der Waals surface area contributed by atoms with E-state index in [1.165, 1.54) is 33.2 Å². The van der Waals surface area contributed by atoms with E-state index in [0.717, 1.165) is 9.13 Å². The molecule has 0 aliphatic rings. The molecule has 0 aliphatic heterocycles. The topological polar surface area (TPSA) is 140 Å². The lowest BCUT2D eigenvalue weighted by Crippen LogP contribution is -2.42. The first kappa shape index (κ1) is 20.6. The maximum atomic E-state index is 12.2. The number of rotatable bonds is 7. The van der Waals surface area contributed by atoms with Crippen molar-refractivity contribution in [2.45, 2.75) is 6.92 Å². The Kier molecular flexibility index (Phi) is 6.14. The fraction of sp³-hybridized carbons (Fsp3) is 0.278. The van der Waals surface area contributed by atoms with Crippen molar-refractivity contribution < 1.29 is 23.9 Å². The number of aromatic nitrogens is 2. The molecule has 0 aliphatic carbocycles. The molecule has 2 N–H and O–H groups in total. The van der Waals surface area contributed by atoms with Crippen molar-refractivity contribution in [3.05, 3.63) is 56.2 Å². The summed E-state index contributed by atoms with van der Waals surface area (Å²) in [5, 5.41) is 0. The molecule has 0 spiro atoms. The fourth-order valence-electron chi connectivity index (χ4n) is 2.31. The van der Waals surface area contributed by atoms with Crippen molar-refractivity contribution in [1.29, 1.82) is 0 Å². The summed E-state index contributed by atoms with van der Waals surface area (Å²) in [6, 6.07) is 6.13. The predicted octanol–water partition coefficient (Wildman–Crippen LogP) is -0.326. The molecule has 0 unspecified atom stereocenters. The van der Waals surface area contributed by atoms with Gasteiger partial charge in [0.25, 0.3) is 5.56 Å². The van der Waals surface area contributed by atoms with Crippen LogP contribution in [-0.4, -0.2) is 39.9 Å². The summed E-state index contributed by atoms with van der Waals surface area (Å²) < 4.78 is 11.7. The van der Waals surface area contributed by atoms with E-state index < -0.39 is 41.8 Å². The maximum absolute atomic E-state index is 12.2. The Morgan fingerprint density at radius 1 is 1.00 bits per heavy atom. The molecule has 0 amide bonds. The van der Waals surface area contributed by atoms with E-state index in [2.05, 4.69) is 0 Å². The summed E-state index contributed by atoms with van der Waals surface area (Å²) in [5.74, 6) is -1.76. The van der Waals surface area contributed by atoms with Gasteiger partial charge in [0, 0.05) is 19.7 Å². The first-order chi connectivity index (χ1) is 13.1. The summed E-state index contributed by atoms with van der Waals surface area (Å²) in [6.45, 7) is 0.214. The summed E-state index contributed by atoms with van der Waals surface area (Å²) in [4.78, 5) is 59.0. The second kappa shape index (κ2) is 8.33. The number of carbonyl (C=O) groups is 3. The lowest BCUT2D eigenvalue weighted by atomic mass is 10.1. The van der Waals surface area contributed by atoms with Crippen molar-refractivity contribution in [3.63, 3.8) is 0 Å². The Bertz CT molecular complexity index is 1050. The molecule has 28 heavy (non-hydrogen) atoms. The molecule has 0 saturated heterocycles. The first-order valence-corrected chi connectivity index (χ1v) is 8.11. The molecule has 2 rings (SSSR count). The Labute approximate surface area is 159 Å². The zero-order valence-corrected chi connectivity index (χ0v) is 15.6. The van der Waals surface area contributed by atoms with E-state index in [1.807, 2.05) is 0 Å². The third kappa shape index (κ3) is 4.34. The molecule has 0 atom stereocenters. The average molecular weight is 389 g/mol. The zero-order chi connectivity index (χ0) is 21.0. The molecule has 10 nitrogen and oxygen atoms in total. The summed E-state index contributed by atoms with van der Waals surface area (Å²) in [5.41, 5.74) is 4.18. The van der Waals surface area contributed by atoms with Gasteiger partial charge < -0.3 is 15.2 Å². The lowest BCUT2D eigenvalue weighted by molar-refractivity contribution is -0.144. The van der Waals surface area contributed by atoms with Crippen LogP contribution in [0.2, 0.25) is 0 Å². The number of ketones is 2. The molecule has 1 heterocycles. The summed E-state index contributed by atoms with van der Waals surface area (Å²) in [7, 11) is 2.52. The smallest absolute Gasteiger partial charge is 0.344 e. The van der Waals surface area contributed by atoms with Crippen LogP contribution >= 0.6 is 0 Å². The molecule has 1 aromatic heterocycles. The highest BCUT2D eigenvalue weighted by molar-refractivity contribution is 6.01. The molecule has 0 saturated carbocycles. The van der Waals surface area contributed by atoms with Crippen LogP contribution in [0.5, 0.6) is 5.75 Å². The minimum atomic E-state index is -0.872. The molecule has 0 bridgehead atoms. The van der Waals surface area contributed by atoms with Gasteiger partial charge in [-0.05, 0) is 31.2 Å². The van der Waals surface area contributed by atoms with Crippen LogP contribution in [0.1, 0.15) is 27.6 Å². The van der Waals surface area contributed by atoms with Crippen LogP contribution in [-0.2, 0) is 23.6 Å². The molecule has 0 fully saturated rings. The van der Waals surface area contributed by atoms with E-state index in [0.29, 0.717) is 11.3 Å². The van der Waals surface area contributed by atoms with Crippen LogP contribution in [0.15, 0.2) is 33.9 Å². The number of ether oxygens (including phenoxy) is 2. The number of hydrogen-bond acceptors (Lipinski definition) is 8. The van der Waals surface area contributed by atoms with Crippen molar-refractivity contribution in [2.75, 3.05) is 18.9 Å². The van der Waals surface area contributed by atoms with Crippen molar-refractivity contribution in [1.82, 2.24) is 9.13 Å². The zero-order valence-electron chi connectivity index (χ0n) is 15.6. The number of nitrogens with two attached hydrogens (primary N) is 1. The van der Waals surface area contributed by atoms with Crippen molar-refractivity contribution in [3.8, 4) is 5.75 Å². The molecule has 2 aromatic rings. The first-order valence-electron chi connectivity index (χ1n) is 8.11. The Hall–Kier alpha value is -3.69. The third-order valence-corrected chi connectivity index (χ3v) is 3.97. The Balaban J connectivity index is 1.98. The van der Waals surface area contributed by atoms with Crippen LogP contribution in [0, 0.1) is 0 Å². The van der Waals surface area contributed by atoms with E-state index in [-0.39, 0.29) is 11.6 Å². The largest absolute Gasteiger partial charge is 0.482 e. The van der Waals surface area contributed by atoms with E-state index in [9.17, 15) is 24.0 Å².